The van der Waals surface area contributed by atoms with E-state index in [1.807, 2.05) is 20.8 Å². The van der Waals surface area contributed by atoms with Gasteiger partial charge < -0.3 is 11.1 Å². The van der Waals surface area contributed by atoms with Crippen LogP contribution in [0.25, 0.3) is 0 Å². The molecular formula is C13H16BrFN4. The maximum atomic E-state index is 13.6. The van der Waals surface area contributed by atoms with Gasteiger partial charge >= 0.3 is 0 Å². The second kappa shape index (κ2) is 5.21. The Labute approximate surface area is 119 Å². The number of aromatic nitrogens is 2. The van der Waals surface area contributed by atoms with Crippen LogP contribution in [-0.2, 0) is 6.54 Å². The highest BCUT2D eigenvalue weighted by molar-refractivity contribution is 9.10. The highest BCUT2D eigenvalue weighted by Gasteiger charge is 2.13. The Morgan fingerprint density at radius 3 is 2.74 bits per heavy atom. The summed E-state index contributed by atoms with van der Waals surface area (Å²) in [7, 11) is 0. The fourth-order valence-electron chi connectivity index (χ4n) is 1.86. The second-order valence-corrected chi connectivity index (χ2v) is 5.22. The van der Waals surface area contributed by atoms with Crippen molar-refractivity contribution in [1.29, 1.82) is 0 Å². The molecule has 2 rings (SSSR count). The monoisotopic (exact) mass is 326 g/mol. The van der Waals surface area contributed by atoms with Crippen LogP contribution < -0.4 is 11.1 Å². The quantitative estimate of drug-likeness (QED) is 0.903. The zero-order valence-electron chi connectivity index (χ0n) is 11.1. The zero-order chi connectivity index (χ0) is 14.2. The minimum atomic E-state index is -0.314. The topological polar surface area (TPSA) is 55.9 Å². The molecule has 3 N–H and O–H groups in total. The Morgan fingerprint density at radius 2 is 2.11 bits per heavy atom. The van der Waals surface area contributed by atoms with Crippen molar-refractivity contribution in [3.8, 4) is 0 Å². The maximum absolute atomic E-state index is 13.6. The van der Waals surface area contributed by atoms with E-state index < -0.39 is 0 Å². The fourth-order valence-corrected chi connectivity index (χ4v) is 2.32. The van der Waals surface area contributed by atoms with E-state index in [0.717, 1.165) is 11.3 Å². The summed E-state index contributed by atoms with van der Waals surface area (Å²) in [6.07, 6.45) is 0. The molecule has 0 fully saturated rings. The van der Waals surface area contributed by atoms with Gasteiger partial charge in [-0.25, -0.2) is 9.07 Å². The first kappa shape index (κ1) is 13.9. The van der Waals surface area contributed by atoms with Gasteiger partial charge in [-0.1, -0.05) is 0 Å². The van der Waals surface area contributed by atoms with Crippen molar-refractivity contribution in [2.24, 2.45) is 0 Å². The van der Waals surface area contributed by atoms with Gasteiger partial charge in [0.1, 0.15) is 5.82 Å². The average molecular weight is 327 g/mol. The molecule has 6 heteroatoms. The van der Waals surface area contributed by atoms with Crippen molar-refractivity contribution >= 4 is 33.1 Å². The zero-order valence-corrected chi connectivity index (χ0v) is 12.7. The molecule has 0 unspecified atom stereocenters. The second-order valence-electron chi connectivity index (χ2n) is 4.37. The molecule has 4 nitrogen and oxygen atoms in total. The molecule has 0 atom stereocenters. The third-order valence-electron chi connectivity index (χ3n) is 2.99. The maximum Gasteiger partial charge on any atom is 0.152 e. The van der Waals surface area contributed by atoms with Crippen molar-refractivity contribution in [1.82, 2.24) is 9.78 Å². The van der Waals surface area contributed by atoms with Crippen LogP contribution in [0.4, 0.5) is 21.6 Å². The summed E-state index contributed by atoms with van der Waals surface area (Å²) in [6.45, 7) is 6.43. The first-order valence-electron chi connectivity index (χ1n) is 5.99. The molecule has 102 valence electrons. The fraction of sp³-hybridized carbons (Fsp3) is 0.308. The predicted octanol–water partition coefficient (Wildman–Crippen LogP) is 3.75. The van der Waals surface area contributed by atoms with Gasteiger partial charge in [-0.3, -0.25) is 0 Å². The standard InChI is InChI=1S/C13H16BrFN4/c1-4-19-13(12(16)8(3)18-19)17-11-6-10(15)9(14)5-7(11)2/h5-6,17H,4,16H2,1-3H3. The number of nitrogen functional groups attached to an aromatic ring is 1. The van der Waals surface area contributed by atoms with Crippen LogP contribution in [0.5, 0.6) is 0 Å². The highest BCUT2D eigenvalue weighted by Crippen LogP contribution is 2.30. The number of nitrogens with two attached hydrogens (primary N) is 1. The molecule has 1 aromatic heterocycles. The third kappa shape index (κ3) is 2.58. The van der Waals surface area contributed by atoms with Crippen LogP contribution in [0.2, 0.25) is 0 Å². The number of aryl methyl sites for hydroxylation is 3. The van der Waals surface area contributed by atoms with Gasteiger partial charge in [0.2, 0.25) is 0 Å². The van der Waals surface area contributed by atoms with E-state index in [1.54, 1.807) is 10.7 Å². The molecule has 1 aromatic carbocycles. The summed E-state index contributed by atoms with van der Waals surface area (Å²) in [5, 5.41) is 7.48. The Morgan fingerprint density at radius 1 is 1.42 bits per heavy atom. The Kier molecular flexibility index (Phi) is 3.80. The van der Waals surface area contributed by atoms with Crippen molar-refractivity contribution in [3.63, 3.8) is 0 Å². The van der Waals surface area contributed by atoms with E-state index in [0.29, 0.717) is 28.2 Å². The lowest BCUT2D eigenvalue weighted by Crippen LogP contribution is -2.05. The molecule has 0 aliphatic rings. The van der Waals surface area contributed by atoms with E-state index in [4.69, 9.17) is 5.73 Å². The largest absolute Gasteiger partial charge is 0.394 e. The molecule has 0 aliphatic heterocycles. The molecule has 0 saturated carbocycles. The number of anilines is 3. The number of nitrogens with zero attached hydrogens (tertiary/aromatic N) is 2. The van der Waals surface area contributed by atoms with Gasteiger partial charge in [0.25, 0.3) is 0 Å². The summed E-state index contributed by atoms with van der Waals surface area (Å²) < 4.78 is 15.8. The molecule has 0 radical (unpaired) electrons. The van der Waals surface area contributed by atoms with Gasteiger partial charge in [-0.15, -0.1) is 0 Å². The highest BCUT2D eigenvalue weighted by atomic mass is 79.9. The van der Waals surface area contributed by atoms with E-state index in [9.17, 15) is 4.39 Å². The van der Waals surface area contributed by atoms with Crippen LogP contribution >= 0.6 is 15.9 Å². The normalized spacial score (nSPS) is 10.8. The van der Waals surface area contributed by atoms with Crippen molar-refractivity contribution in [2.45, 2.75) is 27.3 Å². The van der Waals surface area contributed by atoms with E-state index in [2.05, 4.69) is 26.3 Å². The lowest BCUT2D eigenvalue weighted by Gasteiger charge is -2.12. The molecular weight excluding hydrogens is 311 g/mol. The molecule has 19 heavy (non-hydrogen) atoms. The van der Waals surface area contributed by atoms with Crippen molar-refractivity contribution in [3.05, 3.63) is 33.7 Å². The summed E-state index contributed by atoms with van der Waals surface area (Å²) in [6, 6.07) is 3.18. The molecule has 0 saturated heterocycles. The van der Waals surface area contributed by atoms with Crippen LogP contribution in [0, 0.1) is 19.7 Å². The number of benzene rings is 1. The summed E-state index contributed by atoms with van der Waals surface area (Å²) in [5.41, 5.74) is 8.95. The Bertz CT molecular complexity index is 622. The number of rotatable bonds is 3. The smallest absolute Gasteiger partial charge is 0.152 e. The number of halogens is 2. The Hall–Kier alpha value is -1.56. The van der Waals surface area contributed by atoms with Crippen molar-refractivity contribution < 1.29 is 4.39 Å². The van der Waals surface area contributed by atoms with Crippen LogP contribution in [0.1, 0.15) is 18.2 Å². The first-order valence-corrected chi connectivity index (χ1v) is 6.78. The lowest BCUT2D eigenvalue weighted by atomic mass is 10.2. The lowest BCUT2D eigenvalue weighted by molar-refractivity contribution is 0.621. The SMILES string of the molecule is CCn1nc(C)c(N)c1Nc1cc(F)c(Br)cc1C. The minimum Gasteiger partial charge on any atom is -0.394 e. The summed E-state index contributed by atoms with van der Waals surface area (Å²) >= 11 is 3.17. The van der Waals surface area contributed by atoms with E-state index in [-0.39, 0.29) is 5.82 Å². The van der Waals surface area contributed by atoms with E-state index in [1.165, 1.54) is 6.07 Å². The molecule has 1 heterocycles. The first-order chi connectivity index (χ1) is 8.93. The minimum absolute atomic E-state index is 0.314. The average Bonchev–Trinajstić information content (AvgIpc) is 2.63. The Balaban J connectivity index is 2.44. The summed E-state index contributed by atoms with van der Waals surface area (Å²) in [4.78, 5) is 0. The van der Waals surface area contributed by atoms with Crippen LogP contribution in [0.3, 0.4) is 0 Å². The summed E-state index contributed by atoms with van der Waals surface area (Å²) in [5.74, 6) is 0.385. The van der Waals surface area contributed by atoms with Crippen LogP contribution in [0.15, 0.2) is 16.6 Å². The molecule has 0 bridgehead atoms. The molecule has 2 aromatic rings. The van der Waals surface area contributed by atoms with Gasteiger partial charge in [0, 0.05) is 12.2 Å². The third-order valence-corrected chi connectivity index (χ3v) is 3.60. The van der Waals surface area contributed by atoms with Gasteiger partial charge in [0.05, 0.1) is 15.9 Å². The van der Waals surface area contributed by atoms with Crippen LogP contribution in [-0.4, -0.2) is 9.78 Å². The number of hydrogen-bond donors (Lipinski definition) is 2. The van der Waals surface area contributed by atoms with Gasteiger partial charge in [0.15, 0.2) is 5.82 Å². The van der Waals surface area contributed by atoms with Gasteiger partial charge in [-0.05, 0) is 54.4 Å². The predicted molar refractivity (Wildman–Crippen MR) is 79.2 cm³/mol. The van der Waals surface area contributed by atoms with Gasteiger partial charge in [-0.2, -0.15) is 5.10 Å². The van der Waals surface area contributed by atoms with E-state index >= 15 is 0 Å². The molecule has 0 spiro atoms. The molecule has 0 aliphatic carbocycles. The molecule has 0 amide bonds. The van der Waals surface area contributed by atoms with Crippen molar-refractivity contribution in [2.75, 3.05) is 11.1 Å². The number of hydrogen-bond acceptors (Lipinski definition) is 3. The number of nitrogens with one attached hydrogen (secondary N) is 1.